The van der Waals surface area contributed by atoms with E-state index in [9.17, 15) is 19.2 Å². The van der Waals surface area contributed by atoms with Crippen molar-refractivity contribution in [3.05, 3.63) is 0 Å². The lowest BCUT2D eigenvalue weighted by molar-refractivity contribution is -0.301. The first-order valence-electron chi connectivity index (χ1n) is 7.79. The van der Waals surface area contributed by atoms with Crippen LogP contribution in [-0.2, 0) is 47.6 Å². The predicted molar refractivity (Wildman–Crippen MR) is 93.6 cm³/mol. The molecule has 10 nitrogen and oxygen atoms in total. The Bertz CT molecular complexity index is 605. The summed E-state index contributed by atoms with van der Waals surface area (Å²) in [6.07, 6.45) is -7.50. The van der Waals surface area contributed by atoms with Crippen molar-refractivity contribution in [1.82, 2.24) is 0 Å². The van der Waals surface area contributed by atoms with Crippen molar-refractivity contribution >= 4 is 58.7 Å². The fraction of sp³-hybridized carbons (Fsp3) is 0.733. The van der Waals surface area contributed by atoms with Crippen LogP contribution < -0.4 is 0 Å². The molecule has 1 aliphatic heterocycles. The molecule has 13 heteroatoms. The Morgan fingerprint density at radius 1 is 0.857 bits per heavy atom. The lowest BCUT2D eigenvalue weighted by Crippen LogP contribution is -2.64. The largest absolute Gasteiger partial charge is 0.467 e. The van der Waals surface area contributed by atoms with Crippen LogP contribution in [0.2, 0.25) is 0 Å². The summed E-state index contributed by atoms with van der Waals surface area (Å²) >= 11 is 16.9. The van der Waals surface area contributed by atoms with Crippen molar-refractivity contribution in [2.45, 2.75) is 55.3 Å². The summed E-state index contributed by atoms with van der Waals surface area (Å²) in [5.41, 5.74) is 0. The molecule has 1 heterocycles. The van der Waals surface area contributed by atoms with Gasteiger partial charge in [-0.15, -0.1) is 0 Å². The minimum absolute atomic E-state index is 0.529. The van der Waals surface area contributed by atoms with Crippen LogP contribution in [0, 0.1) is 0 Å². The van der Waals surface area contributed by atoms with Crippen LogP contribution >= 0.6 is 34.8 Å². The molecule has 0 aromatic heterocycles. The van der Waals surface area contributed by atoms with Gasteiger partial charge in [-0.2, -0.15) is 0 Å². The molecule has 0 spiro atoms. The number of hydrogen-bond donors (Lipinski definition) is 0. The summed E-state index contributed by atoms with van der Waals surface area (Å²) < 4.78 is 28.9. The number of methoxy groups -OCH3 is 1. The molecule has 1 aliphatic rings. The van der Waals surface area contributed by atoms with Gasteiger partial charge in [0.25, 0.3) is 0 Å². The molecule has 0 aliphatic carbocycles. The van der Waals surface area contributed by atoms with Gasteiger partial charge in [-0.1, -0.05) is 34.8 Å². The van der Waals surface area contributed by atoms with E-state index in [4.69, 9.17) is 58.5 Å². The number of alkyl halides is 3. The first kappa shape index (κ1) is 24.7. The number of ether oxygens (including phenoxy) is 6. The Labute approximate surface area is 175 Å². The minimum atomic E-state index is -1.87. The second kappa shape index (κ2) is 10.4. The van der Waals surface area contributed by atoms with Crippen molar-refractivity contribution in [2.24, 2.45) is 0 Å². The Morgan fingerprint density at radius 2 is 1.32 bits per heavy atom. The second-order valence-electron chi connectivity index (χ2n) is 5.60. The number of halogens is 3. The van der Waals surface area contributed by atoms with Crippen molar-refractivity contribution in [1.29, 1.82) is 0 Å². The topological polar surface area (TPSA) is 124 Å². The van der Waals surface area contributed by atoms with Crippen molar-refractivity contribution < 1.29 is 47.6 Å². The highest BCUT2D eigenvalue weighted by atomic mass is 35.6. The Kier molecular flexibility index (Phi) is 9.22. The van der Waals surface area contributed by atoms with Gasteiger partial charge in [0.1, 0.15) is 0 Å². The van der Waals surface area contributed by atoms with Gasteiger partial charge < -0.3 is 28.4 Å². The maximum Gasteiger partial charge on any atom is 0.339 e. The molecule has 0 radical (unpaired) electrons. The summed E-state index contributed by atoms with van der Waals surface area (Å²) in [4.78, 5) is 46.8. The average Bonchev–Trinajstić information content (AvgIpc) is 2.54. The first-order chi connectivity index (χ1) is 12.9. The molecule has 1 rings (SSSR count). The van der Waals surface area contributed by atoms with E-state index in [1.165, 1.54) is 0 Å². The molecule has 5 atom stereocenters. The van der Waals surface area contributed by atoms with Crippen LogP contribution in [0.15, 0.2) is 0 Å². The van der Waals surface area contributed by atoms with Crippen LogP contribution in [0.25, 0.3) is 0 Å². The van der Waals surface area contributed by atoms with E-state index in [1.807, 2.05) is 0 Å². The van der Waals surface area contributed by atoms with E-state index >= 15 is 0 Å². The lowest BCUT2D eigenvalue weighted by atomic mass is 9.97. The lowest BCUT2D eigenvalue weighted by Gasteiger charge is -2.43. The highest BCUT2D eigenvalue weighted by Crippen LogP contribution is 2.33. The van der Waals surface area contributed by atoms with Crippen LogP contribution in [0.4, 0.5) is 0 Å². The summed E-state index contributed by atoms with van der Waals surface area (Å²) in [5.74, 6) is -3.40. The third kappa shape index (κ3) is 7.59. The number of carbonyl (C=O) groups excluding carboxylic acids is 4. The number of carbonyl (C=O) groups is 4. The predicted octanol–water partition coefficient (Wildman–Crippen LogP) is 1.07. The van der Waals surface area contributed by atoms with Gasteiger partial charge in [-0.05, 0) is 0 Å². The van der Waals surface area contributed by atoms with Gasteiger partial charge in [0.05, 0.1) is 13.7 Å². The standard InChI is InChI=1S/C15H19Cl3O10/c1-6(19)25-9-10(26-7(2)20)12(27-8(3)21)14(24-5-15(16,17)18)28-11(9)13(22)23-4/h9-12,14H,5H2,1-4H3/t9-,10-,11+,12-,14+/m1/s1. The molecule has 0 amide bonds. The van der Waals surface area contributed by atoms with Gasteiger partial charge >= 0.3 is 23.9 Å². The average molecular weight is 466 g/mol. The van der Waals surface area contributed by atoms with E-state index in [1.54, 1.807) is 0 Å². The third-order valence-corrected chi connectivity index (χ3v) is 3.57. The van der Waals surface area contributed by atoms with Crippen LogP contribution in [0.5, 0.6) is 0 Å². The molecule has 1 saturated heterocycles. The van der Waals surface area contributed by atoms with Crippen LogP contribution in [0.1, 0.15) is 20.8 Å². The molecule has 0 saturated carbocycles. The number of rotatable bonds is 6. The highest BCUT2D eigenvalue weighted by Gasteiger charge is 2.55. The quantitative estimate of drug-likeness (QED) is 0.319. The molecule has 0 aromatic rings. The second-order valence-corrected chi connectivity index (χ2v) is 8.11. The zero-order chi connectivity index (χ0) is 21.6. The van der Waals surface area contributed by atoms with Gasteiger partial charge in [-0.25, -0.2) is 4.79 Å². The molecule has 1 fully saturated rings. The minimum Gasteiger partial charge on any atom is -0.467 e. The zero-order valence-electron chi connectivity index (χ0n) is 15.3. The van der Waals surface area contributed by atoms with Crippen molar-refractivity contribution in [3.8, 4) is 0 Å². The molecule has 28 heavy (non-hydrogen) atoms. The van der Waals surface area contributed by atoms with E-state index < -0.39 is 65.0 Å². The number of hydrogen-bond acceptors (Lipinski definition) is 10. The van der Waals surface area contributed by atoms with E-state index in [-0.39, 0.29) is 0 Å². The van der Waals surface area contributed by atoms with Crippen LogP contribution in [0.3, 0.4) is 0 Å². The van der Waals surface area contributed by atoms with Gasteiger partial charge in [-0.3, -0.25) is 14.4 Å². The van der Waals surface area contributed by atoms with Crippen molar-refractivity contribution in [3.63, 3.8) is 0 Å². The SMILES string of the molecule is COC(=O)[C@H]1O[C@H](OCC(Cl)(Cl)Cl)[C@H](OC(C)=O)[C@H](OC(C)=O)[C@H]1OC(C)=O. The maximum atomic E-state index is 12.1. The fourth-order valence-electron chi connectivity index (χ4n) is 2.39. The normalized spacial score (nSPS) is 27.5. The van der Waals surface area contributed by atoms with E-state index in [2.05, 4.69) is 4.74 Å². The molecular formula is C15H19Cl3O10. The van der Waals surface area contributed by atoms with Crippen molar-refractivity contribution in [2.75, 3.05) is 13.7 Å². The molecular weight excluding hydrogens is 447 g/mol. The van der Waals surface area contributed by atoms with Gasteiger partial charge in [0.15, 0.2) is 30.7 Å². The smallest absolute Gasteiger partial charge is 0.339 e. The highest BCUT2D eigenvalue weighted by molar-refractivity contribution is 6.67. The monoisotopic (exact) mass is 464 g/mol. The van der Waals surface area contributed by atoms with Gasteiger partial charge in [0, 0.05) is 20.8 Å². The Balaban J connectivity index is 3.34. The summed E-state index contributed by atoms with van der Waals surface area (Å²) in [7, 11) is 1.06. The molecule has 0 N–H and O–H groups in total. The van der Waals surface area contributed by atoms with Gasteiger partial charge in [0.2, 0.25) is 3.79 Å². The van der Waals surface area contributed by atoms with Crippen LogP contribution in [-0.4, -0.2) is 72.1 Å². The number of esters is 4. The summed E-state index contributed by atoms with van der Waals surface area (Å²) in [6, 6.07) is 0. The van der Waals surface area contributed by atoms with E-state index in [0.29, 0.717) is 0 Å². The Hall–Kier alpha value is -1.33. The summed E-state index contributed by atoms with van der Waals surface area (Å²) in [5, 5.41) is 0. The third-order valence-electron chi connectivity index (χ3n) is 3.25. The maximum absolute atomic E-state index is 12.1. The molecule has 0 aromatic carbocycles. The Morgan fingerprint density at radius 3 is 1.75 bits per heavy atom. The molecule has 0 unspecified atom stereocenters. The van der Waals surface area contributed by atoms with E-state index in [0.717, 1.165) is 27.9 Å². The molecule has 160 valence electrons. The fourth-order valence-corrected chi connectivity index (χ4v) is 2.58. The first-order valence-corrected chi connectivity index (χ1v) is 8.92. The molecule has 0 bridgehead atoms. The summed E-state index contributed by atoms with van der Waals surface area (Å²) in [6.45, 7) is 2.67. The zero-order valence-corrected chi connectivity index (χ0v) is 17.6.